The Balaban J connectivity index is 1.46. The van der Waals surface area contributed by atoms with Gasteiger partial charge in [-0.2, -0.15) is 0 Å². The number of hydrogen-bond donors (Lipinski definition) is 1. The lowest BCUT2D eigenvalue weighted by atomic mass is 10.1. The summed E-state index contributed by atoms with van der Waals surface area (Å²) in [5.74, 6) is -1.08. The second-order valence-electron chi connectivity index (χ2n) is 7.96. The van der Waals surface area contributed by atoms with E-state index in [9.17, 15) is 9.90 Å². The highest BCUT2D eigenvalue weighted by Gasteiger charge is 2.49. The van der Waals surface area contributed by atoms with Crippen LogP contribution in [0.5, 0.6) is 0 Å². The minimum absolute atomic E-state index is 0.198. The monoisotopic (exact) mass is 448 g/mol. The molecule has 0 unspecified atom stereocenters. The van der Waals surface area contributed by atoms with Crippen molar-refractivity contribution in [3.8, 4) is 0 Å². The van der Waals surface area contributed by atoms with Gasteiger partial charge >= 0.3 is 5.97 Å². The van der Waals surface area contributed by atoms with Gasteiger partial charge in [-0.25, -0.2) is 4.79 Å². The molecule has 0 radical (unpaired) electrons. The van der Waals surface area contributed by atoms with Crippen LogP contribution in [0.1, 0.15) is 16.7 Å². The highest BCUT2D eigenvalue weighted by molar-refractivity contribution is 5.73. The summed E-state index contributed by atoms with van der Waals surface area (Å²) in [4.78, 5) is 12.0. The number of carbonyl (C=O) groups is 1. The molecule has 0 amide bonds. The molecule has 172 valence electrons. The van der Waals surface area contributed by atoms with Gasteiger partial charge in [0.05, 0.1) is 26.4 Å². The largest absolute Gasteiger partial charge is 0.479 e. The Morgan fingerprint density at radius 2 is 1.15 bits per heavy atom. The Morgan fingerprint density at radius 3 is 1.64 bits per heavy atom. The molecule has 0 aromatic heterocycles. The molecular weight excluding hydrogens is 420 g/mol. The van der Waals surface area contributed by atoms with Gasteiger partial charge in [-0.05, 0) is 16.7 Å². The fraction of sp³-hybridized carbons (Fsp3) is 0.296. The van der Waals surface area contributed by atoms with Gasteiger partial charge < -0.3 is 24.1 Å². The number of rotatable bonds is 11. The zero-order valence-corrected chi connectivity index (χ0v) is 18.3. The van der Waals surface area contributed by atoms with Gasteiger partial charge in [0.2, 0.25) is 0 Å². The van der Waals surface area contributed by atoms with E-state index in [0.29, 0.717) is 13.2 Å². The first kappa shape index (κ1) is 23.1. The average Bonchev–Trinajstić information content (AvgIpc) is 3.21. The van der Waals surface area contributed by atoms with Crippen LogP contribution in [-0.2, 0) is 43.6 Å². The molecule has 1 aliphatic heterocycles. The van der Waals surface area contributed by atoms with Crippen LogP contribution < -0.4 is 0 Å². The highest BCUT2D eigenvalue weighted by atomic mass is 16.6. The highest BCUT2D eigenvalue weighted by Crippen LogP contribution is 2.29. The third-order valence-electron chi connectivity index (χ3n) is 5.52. The second kappa shape index (κ2) is 11.7. The van der Waals surface area contributed by atoms with Crippen molar-refractivity contribution < 1.29 is 28.8 Å². The number of aliphatic carboxylic acids is 1. The van der Waals surface area contributed by atoms with Crippen LogP contribution in [0.15, 0.2) is 91.0 Å². The number of ether oxygens (including phenoxy) is 4. The van der Waals surface area contributed by atoms with Crippen LogP contribution in [0, 0.1) is 0 Å². The SMILES string of the molecule is O=C(O)[C@@H]1O[C@H](COCc2ccccc2)[C@@H](OCc2ccccc2)[C@@H]1OCc1ccccc1. The van der Waals surface area contributed by atoms with Crippen molar-refractivity contribution in [1.82, 2.24) is 0 Å². The van der Waals surface area contributed by atoms with Crippen LogP contribution in [-0.4, -0.2) is 42.1 Å². The molecule has 3 aromatic carbocycles. The summed E-state index contributed by atoms with van der Waals surface area (Å²) in [6, 6.07) is 29.2. The zero-order chi connectivity index (χ0) is 22.9. The van der Waals surface area contributed by atoms with Crippen LogP contribution in [0.3, 0.4) is 0 Å². The van der Waals surface area contributed by atoms with Crippen molar-refractivity contribution >= 4 is 5.97 Å². The van der Waals surface area contributed by atoms with Gasteiger partial charge in [0.25, 0.3) is 0 Å². The molecule has 6 heteroatoms. The van der Waals surface area contributed by atoms with Crippen molar-refractivity contribution in [2.45, 2.75) is 44.2 Å². The lowest BCUT2D eigenvalue weighted by Crippen LogP contribution is -2.41. The maximum atomic E-state index is 12.0. The Labute approximate surface area is 193 Å². The van der Waals surface area contributed by atoms with E-state index in [1.165, 1.54) is 0 Å². The van der Waals surface area contributed by atoms with E-state index in [2.05, 4.69) is 0 Å². The fourth-order valence-electron chi connectivity index (χ4n) is 3.84. The molecule has 33 heavy (non-hydrogen) atoms. The lowest BCUT2D eigenvalue weighted by molar-refractivity contribution is -0.157. The first-order valence-corrected chi connectivity index (χ1v) is 11.0. The van der Waals surface area contributed by atoms with E-state index < -0.39 is 30.4 Å². The average molecular weight is 449 g/mol. The molecule has 6 nitrogen and oxygen atoms in total. The Bertz CT molecular complexity index is 979. The van der Waals surface area contributed by atoms with Crippen LogP contribution in [0.2, 0.25) is 0 Å². The summed E-state index contributed by atoms with van der Waals surface area (Å²) in [5.41, 5.74) is 2.97. The van der Waals surface area contributed by atoms with Gasteiger partial charge in [0.15, 0.2) is 6.10 Å². The third kappa shape index (κ3) is 6.49. The molecule has 0 saturated carbocycles. The first-order chi connectivity index (χ1) is 16.2. The van der Waals surface area contributed by atoms with E-state index >= 15 is 0 Å². The molecule has 1 saturated heterocycles. The summed E-state index contributed by atoms with van der Waals surface area (Å²) < 4.78 is 24.0. The minimum Gasteiger partial charge on any atom is -0.479 e. The van der Waals surface area contributed by atoms with E-state index in [0.717, 1.165) is 16.7 Å². The molecule has 0 bridgehead atoms. The summed E-state index contributed by atoms with van der Waals surface area (Å²) in [6.45, 7) is 1.19. The fourth-order valence-corrected chi connectivity index (χ4v) is 3.84. The Morgan fingerprint density at radius 1 is 0.697 bits per heavy atom. The van der Waals surface area contributed by atoms with E-state index in [-0.39, 0.29) is 13.2 Å². The van der Waals surface area contributed by atoms with Gasteiger partial charge in [-0.15, -0.1) is 0 Å². The molecule has 0 aliphatic carbocycles. The van der Waals surface area contributed by atoms with Crippen LogP contribution in [0.25, 0.3) is 0 Å². The molecule has 4 atom stereocenters. The quantitative estimate of drug-likeness (QED) is 0.473. The predicted molar refractivity (Wildman–Crippen MR) is 122 cm³/mol. The van der Waals surface area contributed by atoms with Crippen molar-refractivity contribution in [3.63, 3.8) is 0 Å². The van der Waals surface area contributed by atoms with Crippen molar-refractivity contribution in [3.05, 3.63) is 108 Å². The molecular formula is C27H28O6. The summed E-state index contributed by atoms with van der Waals surface area (Å²) in [5, 5.41) is 9.80. The predicted octanol–water partition coefficient (Wildman–Crippen LogP) is 4.23. The Kier molecular flexibility index (Phi) is 8.22. The van der Waals surface area contributed by atoms with Gasteiger partial charge in [-0.1, -0.05) is 91.0 Å². The van der Waals surface area contributed by atoms with Crippen molar-refractivity contribution in [2.24, 2.45) is 0 Å². The summed E-state index contributed by atoms with van der Waals surface area (Å²) in [7, 11) is 0. The minimum atomic E-state index is -1.14. The number of hydrogen-bond acceptors (Lipinski definition) is 5. The summed E-state index contributed by atoms with van der Waals surface area (Å²) in [6.07, 6.45) is -3.07. The zero-order valence-electron chi connectivity index (χ0n) is 18.3. The smallest absolute Gasteiger partial charge is 0.335 e. The number of carboxylic acid groups (broad SMARTS) is 1. The topological polar surface area (TPSA) is 74.2 Å². The van der Waals surface area contributed by atoms with E-state index in [1.807, 2.05) is 91.0 Å². The normalized spacial score (nSPS) is 22.3. The van der Waals surface area contributed by atoms with E-state index in [4.69, 9.17) is 18.9 Å². The second-order valence-corrected chi connectivity index (χ2v) is 7.96. The number of carboxylic acids is 1. The van der Waals surface area contributed by atoms with E-state index in [1.54, 1.807) is 0 Å². The molecule has 1 aliphatic rings. The van der Waals surface area contributed by atoms with Gasteiger partial charge in [0.1, 0.15) is 18.3 Å². The first-order valence-electron chi connectivity index (χ1n) is 11.0. The van der Waals surface area contributed by atoms with Gasteiger partial charge in [-0.3, -0.25) is 0 Å². The molecule has 0 spiro atoms. The third-order valence-corrected chi connectivity index (χ3v) is 5.52. The standard InChI is InChI=1S/C27H28O6/c28-27(29)26-25(32-18-22-14-8-3-9-15-22)24(31-17-21-12-6-2-7-13-21)23(33-26)19-30-16-20-10-4-1-5-11-20/h1-15,23-26H,16-19H2,(H,28,29)/t23-,24-,25+,26-/m1/s1. The number of benzene rings is 3. The maximum absolute atomic E-state index is 12.0. The van der Waals surface area contributed by atoms with Gasteiger partial charge in [0, 0.05) is 0 Å². The molecule has 4 rings (SSSR count). The van der Waals surface area contributed by atoms with Crippen LogP contribution >= 0.6 is 0 Å². The maximum Gasteiger partial charge on any atom is 0.335 e. The Hall–Kier alpha value is -3.03. The van der Waals surface area contributed by atoms with Crippen molar-refractivity contribution in [1.29, 1.82) is 0 Å². The summed E-state index contributed by atoms with van der Waals surface area (Å²) >= 11 is 0. The lowest BCUT2D eigenvalue weighted by Gasteiger charge is -2.24. The molecule has 1 N–H and O–H groups in total. The molecule has 1 fully saturated rings. The van der Waals surface area contributed by atoms with Crippen molar-refractivity contribution in [2.75, 3.05) is 6.61 Å². The molecule has 1 heterocycles. The molecule has 3 aromatic rings. The van der Waals surface area contributed by atoms with Crippen LogP contribution in [0.4, 0.5) is 0 Å².